The fourth-order valence-corrected chi connectivity index (χ4v) is 3.13. The quantitative estimate of drug-likeness (QED) is 0.862. The van der Waals surface area contributed by atoms with Gasteiger partial charge in [0.1, 0.15) is 11.9 Å². The number of hydrogen-bond donors (Lipinski definition) is 2. The number of carbonyl (C=O) groups is 2. The largest absolute Gasteiger partial charge is 0.480 e. The molecule has 1 heterocycles. The monoisotopic (exact) mass is 284 g/mol. The number of benzene rings is 1. The van der Waals surface area contributed by atoms with E-state index in [0.717, 1.165) is 11.8 Å². The van der Waals surface area contributed by atoms with Crippen molar-refractivity contribution in [2.45, 2.75) is 6.04 Å². The molecule has 19 heavy (non-hydrogen) atoms. The van der Waals surface area contributed by atoms with Gasteiger partial charge in [0.15, 0.2) is 0 Å². The maximum atomic E-state index is 13.7. The summed E-state index contributed by atoms with van der Waals surface area (Å²) in [5.41, 5.74) is 5.19. The van der Waals surface area contributed by atoms with E-state index in [9.17, 15) is 19.1 Å². The lowest BCUT2D eigenvalue weighted by molar-refractivity contribution is -0.138. The van der Waals surface area contributed by atoms with E-state index in [1.807, 2.05) is 0 Å². The van der Waals surface area contributed by atoms with E-state index >= 15 is 0 Å². The highest BCUT2D eigenvalue weighted by molar-refractivity contribution is 7.99. The molecule has 0 spiro atoms. The zero-order valence-electron chi connectivity index (χ0n) is 10.0. The minimum atomic E-state index is -0.994. The van der Waals surface area contributed by atoms with Gasteiger partial charge in [-0.25, -0.2) is 9.18 Å². The molecule has 1 amide bonds. The lowest BCUT2D eigenvalue weighted by Crippen LogP contribution is -2.48. The molecule has 7 heteroatoms. The Balaban J connectivity index is 2.47. The van der Waals surface area contributed by atoms with Gasteiger partial charge in [0.2, 0.25) is 0 Å². The third-order valence-electron chi connectivity index (χ3n) is 2.96. The molecular weight excluding hydrogens is 271 g/mol. The van der Waals surface area contributed by atoms with Crippen molar-refractivity contribution >= 4 is 29.3 Å². The Kier molecular flexibility index (Phi) is 3.94. The van der Waals surface area contributed by atoms with Crippen LogP contribution in [0.5, 0.6) is 0 Å². The minimum absolute atomic E-state index is 0.249. The van der Waals surface area contributed by atoms with E-state index in [1.165, 1.54) is 28.8 Å². The molecule has 1 fully saturated rings. The van der Waals surface area contributed by atoms with Gasteiger partial charge in [0.25, 0.3) is 5.91 Å². The Hall–Kier alpha value is -1.76. The van der Waals surface area contributed by atoms with Crippen LogP contribution in [-0.2, 0) is 4.79 Å². The van der Waals surface area contributed by atoms with Gasteiger partial charge in [0.05, 0.1) is 11.3 Å². The molecule has 0 radical (unpaired) electrons. The van der Waals surface area contributed by atoms with Gasteiger partial charge >= 0.3 is 5.97 Å². The number of nitrogens with zero attached hydrogens (tertiary/aromatic N) is 1. The fraction of sp³-hybridized carbons (Fsp3) is 0.333. The second-order valence-electron chi connectivity index (χ2n) is 4.12. The van der Waals surface area contributed by atoms with Gasteiger partial charge in [-0.05, 0) is 12.1 Å². The first-order valence-electron chi connectivity index (χ1n) is 5.68. The Morgan fingerprint density at radius 2 is 2.21 bits per heavy atom. The van der Waals surface area contributed by atoms with E-state index in [-0.39, 0.29) is 11.3 Å². The van der Waals surface area contributed by atoms with Crippen molar-refractivity contribution in [3.05, 3.63) is 29.6 Å². The maximum absolute atomic E-state index is 13.7. The second-order valence-corrected chi connectivity index (χ2v) is 5.27. The summed E-state index contributed by atoms with van der Waals surface area (Å²) in [6.07, 6.45) is 0. The van der Waals surface area contributed by atoms with Crippen molar-refractivity contribution in [3.63, 3.8) is 0 Å². The molecule has 3 N–H and O–H groups in total. The Labute approximate surface area is 113 Å². The minimum Gasteiger partial charge on any atom is -0.480 e. The third-order valence-corrected chi connectivity index (χ3v) is 3.98. The molecule has 1 aliphatic heterocycles. The van der Waals surface area contributed by atoms with E-state index in [4.69, 9.17) is 5.73 Å². The Morgan fingerprint density at radius 1 is 1.47 bits per heavy atom. The molecule has 0 aromatic heterocycles. The van der Waals surface area contributed by atoms with Gasteiger partial charge in [-0.2, -0.15) is 11.8 Å². The molecule has 1 aliphatic rings. The first kappa shape index (κ1) is 13.7. The van der Waals surface area contributed by atoms with Crippen molar-refractivity contribution in [1.82, 2.24) is 0 Å². The van der Waals surface area contributed by atoms with Gasteiger partial charge in [-0.1, -0.05) is 6.07 Å². The topological polar surface area (TPSA) is 83.6 Å². The third kappa shape index (κ3) is 2.65. The molecule has 5 nitrogen and oxygen atoms in total. The highest BCUT2D eigenvalue weighted by Crippen LogP contribution is 2.28. The van der Waals surface area contributed by atoms with Crippen LogP contribution in [0.3, 0.4) is 0 Å². The van der Waals surface area contributed by atoms with Gasteiger partial charge in [0, 0.05) is 18.1 Å². The summed E-state index contributed by atoms with van der Waals surface area (Å²) >= 11 is 1.52. The van der Waals surface area contributed by atoms with Crippen LogP contribution in [0.1, 0.15) is 10.4 Å². The molecule has 0 aliphatic carbocycles. The number of carboxylic acids is 1. The summed E-state index contributed by atoms with van der Waals surface area (Å²) in [5, 5.41) is 9.20. The van der Waals surface area contributed by atoms with E-state index in [2.05, 4.69) is 0 Å². The number of rotatable bonds is 3. The van der Waals surface area contributed by atoms with Crippen molar-refractivity contribution in [3.8, 4) is 0 Å². The van der Waals surface area contributed by atoms with Crippen LogP contribution < -0.4 is 10.6 Å². The predicted octanol–water partition coefficient (Wildman–Crippen LogP) is 0.931. The number of hydrogen-bond acceptors (Lipinski definition) is 4. The summed E-state index contributed by atoms with van der Waals surface area (Å²) in [6, 6.07) is 3.32. The lowest BCUT2D eigenvalue weighted by Gasteiger charge is -2.35. The van der Waals surface area contributed by atoms with Crippen molar-refractivity contribution < 1.29 is 19.1 Å². The summed E-state index contributed by atoms with van der Waals surface area (Å²) in [6.45, 7) is 0.436. The van der Waals surface area contributed by atoms with E-state index in [0.29, 0.717) is 12.3 Å². The molecule has 1 aromatic rings. The molecule has 1 atom stereocenters. The SMILES string of the molecule is NC(=O)c1c(F)cccc1N1CCSCC1C(=O)O. The normalized spacial score (nSPS) is 19.2. The summed E-state index contributed by atoms with van der Waals surface area (Å²) < 4.78 is 13.7. The van der Waals surface area contributed by atoms with Crippen LogP contribution in [-0.4, -0.2) is 41.1 Å². The maximum Gasteiger partial charge on any atom is 0.327 e. The Bertz CT molecular complexity index is 524. The summed E-state index contributed by atoms with van der Waals surface area (Å²) in [4.78, 5) is 24.1. The number of primary amides is 1. The van der Waals surface area contributed by atoms with Crippen LogP contribution in [0, 0.1) is 5.82 Å². The Morgan fingerprint density at radius 3 is 2.84 bits per heavy atom. The number of carboxylic acid groups (broad SMARTS) is 1. The van der Waals surface area contributed by atoms with E-state index in [1.54, 1.807) is 0 Å². The average molecular weight is 284 g/mol. The number of thioether (sulfide) groups is 1. The highest BCUT2D eigenvalue weighted by atomic mass is 32.2. The molecule has 1 unspecified atom stereocenters. The summed E-state index contributed by atoms with van der Waals surface area (Å²) in [7, 11) is 0. The summed E-state index contributed by atoms with van der Waals surface area (Å²) in [5.74, 6) is -1.50. The standard InChI is InChI=1S/C12H13FN2O3S/c13-7-2-1-3-8(10(7)11(14)16)15-4-5-19-6-9(15)12(17)18/h1-3,9H,4-6H2,(H2,14,16)(H,17,18). The number of amides is 1. The van der Waals surface area contributed by atoms with Crippen LogP contribution in [0.2, 0.25) is 0 Å². The molecular formula is C12H13FN2O3S. The average Bonchev–Trinajstić information content (AvgIpc) is 2.37. The van der Waals surface area contributed by atoms with Crippen LogP contribution in [0.15, 0.2) is 18.2 Å². The van der Waals surface area contributed by atoms with Gasteiger partial charge in [-0.15, -0.1) is 0 Å². The number of anilines is 1. The molecule has 2 rings (SSSR count). The molecule has 1 aromatic carbocycles. The highest BCUT2D eigenvalue weighted by Gasteiger charge is 2.31. The van der Waals surface area contributed by atoms with Crippen molar-refractivity contribution in [2.75, 3.05) is 23.0 Å². The molecule has 0 saturated carbocycles. The molecule has 1 saturated heterocycles. The lowest BCUT2D eigenvalue weighted by atomic mass is 10.1. The predicted molar refractivity (Wildman–Crippen MR) is 71.0 cm³/mol. The first-order chi connectivity index (χ1) is 9.02. The zero-order chi connectivity index (χ0) is 14.0. The van der Waals surface area contributed by atoms with Crippen LogP contribution >= 0.6 is 11.8 Å². The van der Waals surface area contributed by atoms with Crippen molar-refractivity contribution in [1.29, 1.82) is 0 Å². The fourth-order valence-electron chi connectivity index (χ4n) is 2.09. The second kappa shape index (κ2) is 5.48. The number of carbonyl (C=O) groups excluding carboxylic acids is 1. The number of aliphatic carboxylic acids is 1. The van der Waals surface area contributed by atoms with Crippen LogP contribution in [0.4, 0.5) is 10.1 Å². The first-order valence-corrected chi connectivity index (χ1v) is 6.83. The molecule has 0 bridgehead atoms. The van der Waals surface area contributed by atoms with Gasteiger partial charge < -0.3 is 15.7 Å². The number of halogens is 1. The molecule has 102 valence electrons. The number of nitrogens with two attached hydrogens (primary N) is 1. The van der Waals surface area contributed by atoms with Gasteiger partial charge in [-0.3, -0.25) is 4.79 Å². The van der Waals surface area contributed by atoms with E-state index < -0.39 is 23.7 Å². The van der Waals surface area contributed by atoms with Crippen molar-refractivity contribution in [2.24, 2.45) is 5.73 Å². The van der Waals surface area contributed by atoms with Crippen LogP contribution in [0.25, 0.3) is 0 Å². The zero-order valence-corrected chi connectivity index (χ0v) is 10.8. The smallest absolute Gasteiger partial charge is 0.327 e.